The van der Waals surface area contributed by atoms with E-state index in [0.717, 1.165) is 16.6 Å². The minimum absolute atomic E-state index is 0.417. The van der Waals surface area contributed by atoms with Crippen LogP contribution in [0.4, 0.5) is 5.69 Å². The number of benzene rings is 2. The highest BCUT2D eigenvalue weighted by Gasteiger charge is 2.25. The summed E-state index contributed by atoms with van der Waals surface area (Å²) in [6.45, 7) is -0.443. The Bertz CT molecular complexity index is 886. The van der Waals surface area contributed by atoms with Crippen molar-refractivity contribution in [1.82, 2.24) is 10.3 Å². The second kappa shape index (κ2) is 8.05. The smallest absolute Gasteiger partial charge is 0.289 e. The van der Waals surface area contributed by atoms with E-state index in [4.69, 9.17) is 4.74 Å². The van der Waals surface area contributed by atoms with E-state index in [1.54, 1.807) is 29.1 Å². The van der Waals surface area contributed by atoms with Crippen LogP contribution in [0.15, 0.2) is 57.9 Å². The van der Waals surface area contributed by atoms with Gasteiger partial charge in [-0.1, -0.05) is 28.1 Å². The number of nitrogens with zero attached hydrogens (tertiary/aromatic N) is 1. The van der Waals surface area contributed by atoms with Crippen LogP contribution in [0.5, 0.6) is 5.75 Å². The van der Waals surface area contributed by atoms with Crippen LogP contribution in [0.3, 0.4) is 0 Å². The van der Waals surface area contributed by atoms with Crippen molar-refractivity contribution in [1.29, 1.82) is 0 Å². The molecule has 25 heavy (non-hydrogen) atoms. The minimum atomic E-state index is -4.30. The average Bonchev–Trinajstić information content (AvgIpc) is 2.59. The molecule has 0 fully saturated rings. The van der Waals surface area contributed by atoms with Gasteiger partial charge in [-0.15, -0.1) is 4.83 Å². The van der Waals surface area contributed by atoms with E-state index in [0.29, 0.717) is 5.75 Å². The molecule has 0 aliphatic carbocycles. The number of hydrogen-bond donors (Lipinski definition) is 2. The minimum Gasteiger partial charge on any atom is -0.484 e. The number of nitro groups is 1. The first-order valence-electron chi connectivity index (χ1n) is 6.72. The van der Waals surface area contributed by atoms with Crippen LogP contribution in [0, 0.1) is 10.1 Å². The summed E-state index contributed by atoms with van der Waals surface area (Å²) in [5.74, 6) is -0.356. The first-order chi connectivity index (χ1) is 11.8. The van der Waals surface area contributed by atoms with Gasteiger partial charge in [0.15, 0.2) is 11.5 Å². The van der Waals surface area contributed by atoms with Gasteiger partial charge in [0, 0.05) is 10.5 Å². The van der Waals surface area contributed by atoms with E-state index in [2.05, 4.69) is 15.9 Å². The number of carbonyl (C=O) groups excluding carboxylic acids is 1. The molecule has 11 heteroatoms. The van der Waals surface area contributed by atoms with Crippen molar-refractivity contribution in [2.75, 3.05) is 6.61 Å². The Morgan fingerprint density at radius 2 is 1.80 bits per heavy atom. The second-order valence-corrected chi connectivity index (χ2v) is 7.19. The maximum absolute atomic E-state index is 12.1. The van der Waals surface area contributed by atoms with Gasteiger partial charge >= 0.3 is 0 Å². The van der Waals surface area contributed by atoms with E-state index >= 15 is 0 Å². The molecular formula is C14H12BrN3O6S. The second-order valence-electron chi connectivity index (χ2n) is 4.62. The molecule has 0 aliphatic heterocycles. The molecule has 0 saturated heterocycles. The van der Waals surface area contributed by atoms with Crippen LogP contribution in [0.1, 0.15) is 0 Å². The van der Waals surface area contributed by atoms with Crippen molar-refractivity contribution in [2.45, 2.75) is 4.90 Å². The quantitative estimate of drug-likeness (QED) is 0.509. The number of ether oxygens (including phenoxy) is 1. The maximum atomic E-state index is 12.1. The van der Waals surface area contributed by atoms with Gasteiger partial charge in [0.2, 0.25) is 0 Å². The van der Waals surface area contributed by atoms with Crippen molar-refractivity contribution >= 4 is 37.5 Å². The predicted octanol–water partition coefficient (Wildman–Crippen LogP) is 1.75. The number of hydrazine groups is 1. The molecule has 2 aromatic rings. The van der Waals surface area contributed by atoms with Gasteiger partial charge in [-0.2, -0.15) is 0 Å². The van der Waals surface area contributed by atoms with Gasteiger partial charge in [0.25, 0.3) is 21.6 Å². The monoisotopic (exact) mass is 429 g/mol. The fourth-order valence-electron chi connectivity index (χ4n) is 1.73. The summed E-state index contributed by atoms with van der Waals surface area (Å²) >= 11 is 3.25. The predicted molar refractivity (Wildman–Crippen MR) is 91.2 cm³/mol. The Morgan fingerprint density at radius 1 is 1.16 bits per heavy atom. The molecule has 0 spiro atoms. The summed E-state index contributed by atoms with van der Waals surface area (Å²) in [5.41, 5.74) is 1.33. The zero-order valence-electron chi connectivity index (χ0n) is 12.5. The molecule has 132 valence electrons. The third-order valence-electron chi connectivity index (χ3n) is 2.86. The molecule has 2 aromatic carbocycles. The van der Waals surface area contributed by atoms with Crippen LogP contribution in [-0.2, 0) is 14.8 Å². The zero-order valence-corrected chi connectivity index (χ0v) is 14.9. The van der Waals surface area contributed by atoms with Gasteiger partial charge in [0.1, 0.15) is 5.75 Å². The number of nitro benzene ring substituents is 1. The molecule has 0 radical (unpaired) electrons. The Balaban J connectivity index is 1.96. The number of nitrogens with one attached hydrogen (secondary N) is 2. The van der Waals surface area contributed by atoms with Crippen molar-refractivity contribution in [3.8, 4) is 5.75 Å². The lowest BCUT2D eigenvalue weighted by atomic mass is 10.3. The summed E-state index contributed by atoms with van der Waals surface area (Å²) in [5, 5.41) is 10.9. The standard InChI is InChI=1S/C14H12BrN3O6S/c15-10-5-7-11(8-6-10)24-9-14(19)16-17-25(22,23)13-4-2-1-3-12(13)18(20)21/h1-8,17H,9H2,(H,16,19). The van der Waals surface area contributed by atoms with Gasteiger partial charge in [-0.25, -0.2) is 8.42 Å². The van der Waals surface area contributed by atoms with E-state index in [1.807, 2.05) is 5.43 Å². The lowest BCUT2D eigenvalue weighted by molar-refractivity contribution is -0.387. The van der Waals surface area contributed by atoms with Gasteiger partial charge in [-0.05, 0) is 30.3 Å². The molecule has 0 heterocycles. The summed E-state index contributed by atoms with van der Waals surface area (Å²) in [6.07, 6.45) is 0. The number of amides is 1. The summed E-state index contributed by atoms with van der Waals surface area (Å²) in [7, 11) is -4.30. The fraction of sp³-hybridized carbons (Fsp3) is 0.0714. The molecule has 0 aromatic heterocycles. The number of sulfonamides is 1. The van der Waals surface area contributed by atoms with Crippen molar-refractivity contribution < 1.29 is 22.9 Å². The maximum Gasteiger partial charge on any atom is 0.289 e. The van der Waals surface area contributed by atoms with Gasteiger partial charge in [-0.3, -0.25) is 20.3 Å². The zero-order chi connectivity index (χ0) is 18.4. The summed E-state index contributed by atoms with van der Waals surface area (Å²) in [4.78, 5) is 23.0. The Morgan fingerprint density at radius 3 is 2.44 bits per heavy atom. The number of hydrogen-bond acceptors (Lipinski definition) is 6. The van der Waals surface area contributed by atoms with Gasteiger partial charge in [0.05, 0.1) is 4.92 Å². The first-order valence-corrected chi connectivity index (χ1v) is 8.99. The third kappa shape index (κ3) is 5.24. The molecule has 1 amide bonds. The third-order valence-corrected chi connectivity index (χ3v) is 4.68. The van der Waals surface area contributed by atoms with E-state index in [-0.39, 0.29) is 0 Å². The lowest BCUT2D eigenvalue weighted by Gasteiger charge is -2.09. The molecule has 2 rings (SSSR count). The van der Waals surface area contributed by atoms with E-state index in [1.165, 1.54) is 12.1 Å². The van der Waals surface area contributed by atoms with Crippen LogP contribution in [0.25, 0.3) is 0 Å². The summed E-state index contributed by atoms with van der Waals surface area (Å²) in [6, 6.07) is 11.4. The molecule has 0 bridgehead atoms. The highest BCUT2D eigenvalue weighted by molar-refractivity contribution is 9.10. The Hall–Kier alpha value is -2.50. The lowest BCUT2D eigenvalue weighted by Crippen LogP contribution is -2.43. The molecule has 0 unspecified atom stereocenters. The topological polar surface area (TPSA) is 128 Å². The number of carbonyl (C=O) groups is 1. The highest BCUT2D eigenvalue weighted by Crippen LogP contribution is 2.22. The molecule has 2 N–H and O–H groups in total. The van der Waals surface area contributed by atoms with Crippen LogP contribution < -0.4 is 15.0 Å². The normalized spacial score (nSPS) is 10.9. The average molecular weight is 430 g/mol. The SMILES string of the molecule is O=C(COc1ccc(Br)cc1)NNS(=O)(=O)c1ccccc1[N+](=O)[O-]. The fourth-order valence-corrected chi connectivity index (χ4v) is 3.03. The van der Waals surface area contributed by atoms with E-state index in [9.17, 15) is 23.3 Å². The number of para-hydroxylation sites is 1. The Labute approximate surface area is 151 Å². The number of halogens is 1. The van der Waals surface area contributed by atoms with Gasteiger partial charge < -0.3 is 4.74 Å². The Kier molecular flexibility index (Phi) is 6.07. The van der Waals surface area contributed by atoms with E-state index < -0.39 is 38.0 Å². The molecular weight excluding hydrogens is 418 g/mol. The molecule has 0 atom stereocenters. The molecule has 0 saturated carbocycles. The van der Waals surface area contributed by atoms with Crippen LogP contribution >= 0.6 is 15.9 Å². The van der Waals surface area contributed by atoms with Crippen molar-refractivity contribution in [3.05, 3.63) is 63.1 Å². The van der Waals surface area contributed by atoms with Crippen LogP contribution in [0.2, 0.25) is 0 Å². The van der Waals surface area contributed by atoms with Crippen LogP contribution in [-0.4, -0.2) is 25.9 Å². The highest BCUT2D eigenvalue weighted by atomic mass is 79.9. The molecule has 9 nitrogen and oxygen atoms in total. The van der Waals surface area contributed by atoms with Crippen molar-refractivity contribution in [2.24, 2.45) is 0 Å². The molecule has 0 aliphatic rings. The van der Waals surface area contributed by atoms with Crippen molar-refractivity contribution in [3.63, 3.8) is 0 Å². The first kappa shape index (κ1) is 18.8. The largest absolute Gasteiger partial charge is 0.484 e. The number of rotatable bonds is 7. The summed E-state index contributed by atoms with van der Waals surface area (Å²) < 4.78 is 30.2.